The largest absolute Gasteiger partial charge is 0.383 e. The molecule has 162 valence electrons. The number of nitrogens with one attached hydrogen (secondary N) is 2. The molecule has 8 heteroatoms. The Morgan fingerprint density at radius 1 is 1.32 bits per heavy atom. The molecule has 2 heterocycles. The number of halogens is 2. The van der Waals surface area contributed by atoms with Crippen molar-refractivity contribution in [1.29, 1.82) is 0 Å². The first-order valence-corrected chi connectivity index (χ1v) is 10.9. The number of aromatic nitrogens is 2. The van der Waals surface area contributed by atoms with Crippen molar-refractivity contribution in [1.82, 2.24) is 20.2 Å². The molecule has 0 spiro atoms. The summed E-state index contributed by atoms with van der Waals surface area (Å²) in [5.74, 6) is 0.713. The summed E-state index contributed by atoms with van der Waals surface area (Å²) in [5.41, 5.74) is 3.74. The number of methoxy groups -OCH3 is 1. The number of amides is 1. The summed E-state index contributed by atoms with van der Waals surface area (Å²) in [5, 5.41) is 4.31. The third kappa shape index (κ3) is 4.71. The van der Waals surface area contributed by atoms with Crippen LogP contribution < -0.4 is 5.32 Å². The van der Waals surface area contributed by atoms with Gasteiger partial charge in [0.05, 0.1) is 40.8 Å². The van der Waals surface area contributed by atoms with Crippen LogP contribution in [0, 0.1) is 0 Å². The van der Waals surface area contributed by atoms with E-state index in [1.54, 1.807) is 19.2 Å². The van der Waals surface area contributed by atoms with Gasteiger partial charge in [-0.3, -0.25) is 4.79 Å². The van der Waals surface area contributed by atoms with Gasteiger partial charge in [0.1, 0.15) is 5.82 Å². The van der Waals surface area contributed by atoms with Crippen molar-refractivity contribution in [3.05, 3.63) is 70.0 Å². The molecule has 2 aromatic carbocycles. The molecular formula is C23H24Cl2N4O2. The van der Waals surface area contributed by atoms with E-state index in [1.165, 1.54) is 0 Å². The summed E-state index contributed by atoms with van der Waals surface area (Å²) in [7, 11) is 1.65. The van der Waals surface area contributed by atoms with Crippen LogP contribution in [0.5, 0.6) is 0 Å². The summed E-state index contributed by atoms with van der Waals surface area (Å²) in [4.78, 5) is 22.6. The minimum Gasteiger partial charge on any atom is -0.383 e. The van der Waals surface area contributed by atoms with Gasteiger partial charge in [0.15, 0.2) is 0 Å². The number of carbonyl (C=O) groups is 1. The van der Waals surface area contributed by atoms with Gasteiger partial charge >= 0.3 is 0 Å². The smallest absolute Gasteiger partial charge is 0.255 e. The maximum absolute atomic E-state index is 13.0. The van der Waals surface area contributed by atoms with Gasteiger partial charge in [0.25, 0.3) is 5.91 Å². The molecule has 6 nitrogen and oxygen atoms in total. The molecule has 1 fully saturated rings. The number of rotatable bonds is 7. The highest BCUT2D eigenvalue weighted by atomic mass is 35.5. The minimum absolute atomic E-state index is 0.0596. The Labute approximate surface area is 191 Å². The van der Waals surface area contributed by atoms with Crippen LogP contribution in [-0.4, -0.2) is 47.1 Å². The molecule has 1 aliphatic heterocycles. The second-order valence-corrected chi connectivity index (χ2v) is 8.47. The van der Waals surface area contributed by atoms with Crippen molar-refractivity contribution < 1.29 is 9.53 Å². The number of H-pyrrole nitrogens is 1. The second kappa shape index (κ2) is 9.30. The SMILES string of the molecule is C=C(NCc1nc2cc(Cl)ccc2[nH]1)c1ccc(C(=O)N2CCC[C@@H]2COC)c(Cl)c1. The van der Waals surface area contributed by atoms with E-state index in [-0.39, 0.29) is 11.9 Å². The average molecular weight is 459 g/mol. The Kier molecular flexibility index (Phi) is 6.51. The maximum atomic E-state index is 13.0. The lowest BCUT2D eigenvalue weighted by molar-refractivity contribution is 0.0631. The highest BCUT2D eigenvalue weighted by molar-refractivity contribution is 6.34. The summed E-state index contributed by atoms with van der Waals surface area (Å²) < 4.78 is 5.25. The number of imidazole rings is 1. The van der Waals surface area contributed by atoms with E-state index in [1.807, 2.05) is 29.2 Å². The zero-order chi connectivity index (χ0) is 22.0. The number of carbonyl (C=O) groups excluding carboxylic acids is 1. The first-order valence-electron chi connectivity index (χ1n) is 10.1. The minimum atomic E-state index is -0.0596. The summed E-state index contributed by atoms with van der Waals surface area (Å²) in [6.45, 7) is 5.82. The topological polar surface area (TPSA) is 70.2 Å². The zero-order valence-electron chi connectivity index (χ0n) is 17.3. The lowest BCUT2D eigenvalue weighted by Crippen LogP contribution is -2.38. The van der Waals surface area contributed by atoms with Crippen LogP contribution in [0.15, 0.2) is 43.0 Å². The quantitative estimate of drug-likeness (QED) is 0.529. The lowest BCUT2D eigenvalue weighted by atomic mass is 10.1. The van der Waals surface area contributed by atoms with Crippen LogP contribution >= 0.6 is 23.2 Å². The highest BCUT2D eigenvalue weighted by Crippen LogP contribution is 2.26. The van der Waals surface area contributed by atoms with Crippen LogP contribution in [0.4, 0.5) is 0 Å². The van der Waals surface area contributed by atoms with E-state index in [0.29, 0.717) is 34.5 Å². The normalized spacial score (nSPS) is 16.1. The first kappa shape index (κ1) is 21.7. The van der Waals surface area contributed by atoms with Crippen molar-refractivity contribution in [2.45, 2.75) is 25.4 Å². The van der Waals surface area contributed by atoms with Gasteiger partial charge in [-0.15, -0.1) is 0 Å². The molecule has 1 saturated heterocycles. The summed E-state index contributed by atoms with van der Waals surface area (Å²) >= 11 is 12.5. The molecule has 3 aromatic rings. The third-order valence-corrected chi connectivity index (χ3v) is 6.06. The number of hydrogen-bond acceptors (Lipinski definition) is 4. The Bertz CT molecular complexity index is 1130. The fourth-order valence-electron chi connectivity index (χ4n) is 3.91. The fourth-order valence-corrected chi connectivity index (χ4v) is 4.34. The Morgan fingerprint density at radius 3 is 2.94 bits per heavy atom. The van der Waals surface area contributed by atoms with Crippen molar-refractivity contribution in [2.24, 2.45) is 0 Å². The fraction of sp³-hybridized carbons (Fsp3) is 0.304. The second-order valence-electron chi connectivity index (χ2n) is 7.62. The number of nitrogens with zero attached hydrogens (tertiary/aromatic N) is 2. The number of fused-ring (bicyclic) bond motifs is 1. The first-order chi connectivity index (χ1) is 15.0. The van der Waals surface area contributed by atoms with Gasteiger partial charge in [-0.1, -0.05) is 35.8 Å². The number of aromatic amines is 1. The van der Waals surface area contributed by atoms with Gasteiger partial charge in [0, 0.05) is 24.4 Å². The van der Waals surface area contributed by atoms with E-state index < -0.39 is 0 Å². The number of ether oxygens (including phenoxy) is 1. The van der Waals surface area contributed by atoms with Gasteiger partial charge in [-0.05, 0) is 48.7 Å². The maximum Gasteiger partial charge on any atom is 0.255 e. The molecule has 1 aliphatic rings. The molecule has 2 N–H and O–H groups in total. The molecule has 0 unspecified atom stereocenters. The van der Waals surface area contributed by atoms with E-state index in [4.69, 9.17) is 27.9 Å². The van der Waals surface area contributed by atoms with Gasteiger partial charge in [0.2, 0.25) is 0 Å². The van der Waals surface area contributed by atoms with E-state index in [9.17, 15) is 4.79 Å². The number of likely N-dealkylation sites (tertiary alicyclic amines) is 1. The molecule has 1 atom stereocenters. The lowest BCUT2D eigenvalue weighted by Gasteiger charge is -2.24. The molecule has 0 radical (unpaired) electrons. The van der Waals surface area contributed by atoms with Gasteiger partial charge in [-0.2, -0.15) is 0 Å². The number of hydrogen-bond donors (Lipinski definition) is 2. The van der Waals surface area contributed by atoms with E-state index in [2.05, 4.69) is 21.9 Å². The molecule has 0 saturated carbocycles. The predicted molar refractivity (Wildman–Crippen MR) is 124 cm³/mol. The summed E-state index contributed by atoms with van der Waals surface area (Å²) in [6.07, 6.45) is 1.92. The molecule has 1 aromatic heterocycles. The third-order valence-electron chi connectivity index (χ3n) is 5.51. The standard InChI is InChI=1S/C23H24Cl2N4O2/c1-14(26-12-22-27-20-8-6-16(24)11-21(20)28-22)15-5-7-18(19(25)10-15)23(30)29-9-3-4-17(29)13-31-2/h5-8,10-11,17,26H,1,3-4,9,12-13H2,2H3,(H,27,28)/t17-/m1/s1. The molecule has 0 aliphatic carbocycles. The Balaban J connectivity index is 1.43. The zero-order valence-corrected chi connectivity index (χ0v) is 18.8. The highest BCUT2D eigenvalue weighted by Gasteiger charge is 2.30. The predicted octanol–water partition coefficient (Wildman–Crippen LogP) is 4.88. The van der Waals surface area contributed by atoms with Crippen LogP contribution in [0.2, 0.25) is 10.0 Å². The number of benzene rings is 2. The monoisotopic (exact) mass is 458 g/mol. The molecule has 4 rings (SSSR count). The Morgan fingerprint density at radius 2 is 2.16 bits per heavy atom. The molecule has 31 heavy (non-hydrogen) atoms. The van der Waals surface area contributed by atoms with Crippen LogP contribution in [-0.2, 0) is 11.3 Å². The van der Waals surface area contributed by atoms with Gasteiger partial charge < -0.3 is 19.9 Å². The van der Waals surface area contributed by atoms with Crippen molar-refractivity contribution in [2.75, 3.05) is 20.3 Å². The van der Waals surface area contributed by atoms with Gasteiger partial charge in [-0.25, -0.2) is 4.98 Å². The van der Waals surface area contributed by atoms with E-state index in [0.717, 1.165) is 41.8 Å². The Hall–Kier alpha value is -2.54. The van der Waals surface area contributed by atoms with Crippen molar-refractivity contribution in [3.8, 4) is 0 Å². The molecule has 0 bridgehead atoms. The average Bonchev–Trinajstić information content (AvgIpc) is 3.38. The van der Waals surface area contributed by atoms with Crippen LogP contribution in [0.3, 0.4) is 0 Å². The molecule has 1 amide bonds. The van der Waals surface area contributed by atoms with E-state index >= 15 is 0 Å². The van der Waals surface area contributed by atoms with Crippen molar-refractivity contribution in [3.63, 3.8) is 0 Å². The van der Waals surface area contributed by atoms with Crippen LogP contribution in [0.1, 0.15) is 34.6 Å². The summed E-state index contributed by atoms with van der Waals surface area (Å²) in [6, 6.07) is 11.0. The van der Waals surface area contributed by atoms with Crippen LogP contribution in [0.25, 0.3) is 16.7 Å². The molecular weight excluding hydrogens is 435 g/mol. The van der Waals surface area contributed by atoms with Crippen molar-refractivity contribution >= 4 is 45.8 Å².